The van der Waals surface area contributed by atoms with E-state index in [1.54, 1.807) is 54.9 Å². The highest BCUT2D eigenvalue weighted by molar-refractivity contribution is 7.92. The second-order valence-corrected chi connectivity index (χ2v) is 19.5. The van der Waals surface area contributed by atoms with Crippen molar-refractivity contribution in [1.29, 1.82) is 0 Å². The van der Waals surface area contributed by atoms with Gasteiger partial charge < -0.3 is 35.0 Å². The second kappa shape index (κ2) is 19.7. The summed E-state index contributed by atoms with van der Waals surface area (Å²) in [6, 6.07) is 30.5. The highest BCUT2D eigenvalue weighted by atomic mass is 32.2. The Kier molecular flexibility index (Phi) is 13.2. The van der Waals surface area contributed by atoms with Crippen molar-refractivity contribution in [2.24, 2.45) is 0 Å². The lowest BCUT2D eigenvalue weighted by Crippen LogP contribution is -2.36. The number of non-ortho nitro benzene ring substituents is 1. The molecular formula is C46H46N12O8S2. The summed E-state index contributed by atoms with van der Waals surface area (Å²) in [4.78, 5) is 38.9. The van der Waals surface area contributed by atoms with E-state index in [0.29, 0.717) is 54.6 Å². The van der Waals surface area contributed by atoms with E-state index in [1.807, 2.05) is 36.4 Å². The molecule has 4 aromatic heterocycles. The fourth-order valence-corrected chi connectivity index (χ4v) is 10.2. The molecule has 6 N–H and O–H groups in total. The van der Waals surface area contributed by atoms with Gasteiger partial charge in [-0.05, 0) is 70.8 Å². The van der Waals surface area contributed by atoms with Gasteiger partial charge in [-0.2, -0.15) is 0 Å². The molecule has 22 heteroatoms. The molecular weight excluding hydrogens is 913 g/mol. The quantitative estimate of drug-likeness (QED) is 0.0482. The van der Waals surface area contributed by atoms with Gasteiger partial charge in [0.1, 0.15) is 35.6 Å². The number of sulfonamides is 2. The van der Waals surface area contributed by atoms with Gasteiger partial charge in [-0.25, -0.2) is 36.8 Å². The zero-order chi connectivity index (χ0) is 47.3. The zero-order valence-corrected chi connectivity index (χ0v) is 38.0. The number of nitrogen functional groups attached to an aromatic ring is 1. The summed E-state index contributed by atoms with van der Waals surface area (Å²) in [6.07, 6.45) is 3.10. The standard InChI is InChI=1S/C23H22N6O5S.C23H24N6O3S/c30-29(31)19-7-1-16(2-8-19)14-35(32,33)27-18-5-3-17(4-6-18)21-13-20-22(26-21)24-15-25-23(20)28-9-11-34-12-10-28;24-18-5-1-16(2-6-18)14-33(30,31)28-19-7-3-17(4-8-19)21-13-20-22(27-21)25-15-26-23(20)29-9-11-32-12-10-29/h1-8,13,15,27H,9-12,14H2,(H,24,25,26);1-8,13,15,28H,9-12,14,24H2,(H,25,26,27). The number of aromatic amines is 2. The van der Waals surface area contributed by atoms with E-state index < -0.39 is 25.0 Å². The maximum atomic E-state index is 12.6. The molecule has 0 amide bonds. The molecule has 6 heterocycles. The number of aromatic nitrogens is 6. The van der Waals surface area contributed by atoms with Crippen molar-refractivity contribution in [3.63, 3.8) is 0 Å². The Labute approximate surface area is 390 Å². The van der Waals surface area contributed by atoms with Gasteiger partial charge in [0.25, 0.3) is 5.69 Å². The highest BCUT2D eigenvalue weighted by Crippen LogP contribution is 2.32. The van der Waals surface area contributed by atoms with Crippen LogP contribution in [-0.2, 0) is 41.0 Å². The van der Waals surface area contributed by atoms with Crippen molar-refractivity contribution in [3.8, 4) is 22.5 Å². The number of nitro benzene ring substituents is 1. The molecule has 2 aliphatic heterocycles. The topological polar surface area (TPSA) is 270 Å². The molecule has 0 aliphatic carbocycles. The van der Waals surface area contributed by atoms with Crippen LogP contribution in [0.5, 0.6) is 0 Å². The predicted octanol–water partition coefficient (Wildman–Crippen LogP) is 6.30. The molecule has 8 aromatic rings. The first-order valence-corrected chi connectivity index (χ1v) is 24.8. The fraction of sp³-hybridized carbons (Fsp3) is 0.217. The van der Waals surface area contributed by atoms with E-state index in [0.717, 1.165) is 82.4 Å². The summed E-state index contributed by atoms with van der Waals surface area (Å²) in [6.45, 7) is 5.78. The molecule has 68 heavy (non-hydrogen) atoms. The summed E-state index contributed by atoms with van der Waals surface area (Å²) in [7, 11) is -7.25. The van der Waals surface area contributed by atoms with Crippen molar-refractivity contribution in [1.82, 2.24) is 29.9 Å². The maximum Gasteiger partial charge on any atom is 0.269 e. The Hall–Kier alpha value is -7.66. The number of hydrogen-bond acceptors (Lipinski definition) is 15. The lowest BCUT2D eigenvalue weighted by atomic mass is 10.1. The third-order valence-corrected chi connectivity index (χ3v) is 13.7. The summed E-state index contributed by atoms with van der Waals surface area (Å²) < 4.78 is 66.3. The van der Waals surface area contributed by atoms with E-state index in [4.69, 9.17) is 15.2 Å². The van der Waals surface area contributed by atoms with E-state index in [-0.39, 0.29) is 17.2 Å². The number of nitrogens with two attached hydrogens (primary N) is 1. The second-order valence-electron chi connectivity index (χ2n) is 16.0. The number of morpholine rings is 2. The van der Waals surface area contributed by atoms with Gasteiger partial charge >= 0.3 is 0 Å². The van der Waals surface area contributed by atoms with Crippen molar-refractivity contribution >= 4 is 76.5 Å². The van der Waals surface area contributed by atoms with Crippen LogP contribution in [0.2, 0.25) is 0 Å². The average Bonchev–Trinajstić information content (AvgIpc) is 3.99. The van der Waals surface area contributed by atoms with Gasteiger partial charge in [-0.15, -0.1) is 0 Å². The number of benzene rings is 4. The van der Waals surface area contributed by atoms with Crippen LogP contribution in [0.4, 0.5) is 34.4 Å². The number of hydrogen-bond donors (Lipinski definition) is 5. The first-order chi connectivity index (χ1) is 32.8. The van der Waals surface area contributed by atoms with Gasteiger partial charge in [0.15, 0.2) is 0 Å². The van der Waals surface area contributed by atoms with Crippen LogP contribution in [0.1, 0.15) is 11.1 Å². The Balaban J connectivity index is 0.000000170. The van der Waals surface area contributed by atoms with Crippen molar-refractivity contribution in [3.05, 3.63) is 143 Å². The largest absolute Gasteiger partial charge is 0.399 e. The minimum Gasteiger partial charge on any atom is -0.399 e. The Morgan fingerprint density at radius 1 is 0.588 bits per heavy atom. The molecule has 350 valence electrons. The van der Waals surface area contributed by atoms with E-state index >= 15 is 0 Å². The number of anilines is 5. The molecule has 2 saturated heterocycles. The van der Waals surface area contributed by atoms with Crippen molar-refractivity contribution in [2.75, 3.05) is 77.6 Å². The minimum absolute atomic E-state index is 0.0882. The van der Waals surface area contributed by atoms with Crippen LogP contribution in [0.15, 0.2) is 122 Å². The van der Waals surface area contributed by atoms with Gasteiger partial charge in [0.05, 0.1) is 53.6 Å². The molecule has 4 aromatic carbocycles. The van der Waals surface area contributed by atoms with Crippen LogP contribution < -0.4 is 25.0 Å². The SMILES string of the molecule is Nc1ccc(CS(=O)(=O)Nc2ccc(-c3cc4c(N5CCOCC5)ncnc4[nH]3)cc2)cc1.O=[N+]([O-])c1ccc(CS(=O)(=O)Nc2ccc(-c3cc4c(N5CCOCC5)ncnc4[nH]3)cc2)cc1. The molecule has 0 bridgehead atoms. The number of nitrogens with zero attached hydrogens (tertiary/aromatic N) is 7. The number of rotatable bonds is 13. The first-order valence-electron chi connectivity index (χ1n) is 21.5. The molecule has 20 nitrogen and oxygen atoms in total. The molecule has 10 rings (SSSR count). The Bertz CT molecular complexity index is 3270. The molecule has 0 spiro atoms. The number of H-pyrrole nitrogens is 2. The van der Waals surface area contributed by atoms with E-state index in [9.17, 15) is 26.9 Å². The lowest BCUT2D eigenvalue weighted by Gasteiger charge is -2.27. The monoisotopic (exact) mass is 958 g/mol. The normalized spacial score (nSPS) is 14.4. The molecule has 0 saturated carbocycles. The summed E-state index contributed by atoms with van der Waals surface area (Å²) >= 11 is 0. The lowest BCUT2D eigenvalue weighted by molar-refractivity contribution is -0.384. The smallest absolute Gasteiger partial charge is 0.269 e. The van der Waals surface area contributed by atoms with Gasteiger partial charge in [-0.3, -0.25) is 19.6 Å². The third kappa shape index (κ3) is 11.0. The maximum absolute atomic E-state index is 12.6. The number of nitro groups is 1. The fourth-order valence-electron chi connectivity index (χ4n) is 7.85. The number of nitrogens with one attached hydrogen (secondary N) is 4. The Morgan fingerprint density at radius 2 is 0.985 bits per heavy atom. The molecule has 2 fully saturated rings. The molecule has 0 unspecified atom stereocenters. The van der Waals surface area contributed by atoms with Crippen LogP contribution in [-0.4, -0.2) is 104 Å². The summed E-state index contributed by atoms with van der Waals surface area (Å²) in [5.74, 6) is 1.33. The molecule has 2 aliphatic rings. The van der Waals surface area contributed by atoms with Gasteiger partial charge in [0.2, 0.25) is 20.0 Å². The minimum atomic E-state index is -3.70. The van der Waals surface area contributed by atoms with Gasteiger partial charge in [-0.1, -0.05) is 48.5 Å². The molecule has 0 atom stereocenters. The van der Waals surface area contributed by atoms with Gasteiger partial charge in [0, 0.05) is 66.8 Å². The van der Waals surface area contributed by atoms with Crippen molar-refractivity contribution in [2.45, 2.75) is 11.5 Å². The zero-order valence-electron chi connectivity index (χ0n) is 36.4. The Morgan fingerprint density at radius 3 is 1.38 bits per heavy atom. The van der Waals surface area contributed by atoms with Crippen LogP contribution in [0.3, 0.4) is 0 Å². The van der Waals surface area contributed by atoms with Crippen molar-refractivity contribution < 1.29 is 31.2 Å². The summed E-state index contributed by atoms with van der Waals surface area (Å²) in [5, 5.41) is 12.6. The molecule has 0 radical (unpaired) electrons. The van der Waals surface area contributed by atoms with E-state index in [1.165, 1.54) is 30.6 Å². The predicted molar refractivity (Wildman–Crippen MR) is 261 cm³/mol. The highest BCUT2D eigenvalue weighted by Gasteiger charge is 2.20. The van der Waals surface area contributed by atoms with Crippen LogP contribution >= 0.6 is 0 Å². The van der Waals surface area contributed by atoms with Crippen LogP contribution in [0.25, 0.3) is 44.6 Å². The number of fused-ring (bicyclic) bond motifs is 2. The third-order valence-electron chi connectivity index (χ3n) is 11.2. The average molecular weight is 959 g/mol. The van der Waals surface area contributed by atoms with E-state index in [2.05, 4.69) is 49.1 Å². The van der Waals surface area contributed by atoms with Crippen LogP contribution in [0, 0.1) is 10.1 Å². The first kappa shape index (κ1) is 45.5. The number of ether oxygens (including phenoxy) is 2. The summed E-state index contributed by atoms with van der Waals surface area (Å²) in [5.41, 5.74) is 13.2.